The number of piperidine rings is 1. The van der Waals surface area contributed by atoms with Gasteiger partial charge >= 0.3 is 0 Å². The van der Waals surface area contributed by atoms with Crippen LogP contribution < -0.4 is 10.2 Å². The van der Waals surface area contributed by atoms with Gasteiger partial charge in [-0.2, -0.15) is 0 Å². The number of carbonyl (C=O) groups is 1. The maximum atomic E-state index is 12.1. The largest absolute Gasteiger partial charge is 0.317 e. The van der Waals surface area contributed by atoms with Crippen LogP contribution in [-0.2, 0) is 10.2 Å². The molecule has 1 N–H and O–H groups in total. The van der Waals surface area contributed by atoms with Crippen molar-refractivity contribution in [2.45, 2.75) is 24.7 Å². The van der Waals surface area contributed by atoms with Crippen LogP contribution in [0.5, 0.6) is 0 Å². The fourth-order valence-electron chi connectivity index (χ4n) is 3.05. The summed E-state index contributed by atoms with van der Waals surface area (Å²) in [6.45, 7) is 1.98. The summed E-state index contributed by atoms with van der Waals surface area (Å²) < 4.78 is 0. The summed E-state index contributed by atoms with van der Waals surface area (Å²) in [7, 11) is 1.82. The molecule has 1 fully saturated rings. The molecule has 1 saturated heterocycles. The lowest BCUT2D eigenvalue weighted by molar-refractivity contribution is -0.120. The molecule has 2 aliphatic rings. The predicted octanol–water partition coefficient (Wildman–Crippen LogP) is 1.07. The molecule has 1 aromatic heterocycles. The van der Waals surface area contributed by atoms with E-state index in [2.05, 4.69) is 16.4 Å². The molecule has 17 heavy (non-hydrogen) atoms. The number of anilines is 1. The lowest BCUT2D eigenvalue weighted by atomic mass is 9.69. The first-order valence-corrected chi connectivity index (χ1v) is 6.16. The molecule has 4 nitrogen and oxygen atoms in total. The molecule has 3 heterocycles. The Morgan fingerprint density at radius 1 is 1.41 bits per heavy atom. The third-order valence-electron chi connectivity index (χ3n) is 4.10. The van der Waals surface area contributed by atoms with E-state index in [0.717, 1.165) is 31.7 Å². The topological polar surface area (TPSA) is 45.2 Å². The van der Waals surface area contributed by atoms with Crippen LogP contribution in [0.3, 0.4) is 0 Å². The Morgan fingerprint density at radius 3 is 2.94 bits per heavy atom. The zero-order valence-electron chi connectivity index (χ0n) is 10.1. The first kappa shape index (κ1) is 10.7. The highest BCUT2D eigenvalue weighted by Crippen LogP contribution is 2.44. The van der Waals surface area contributed by atoms with Crippen molar-refractivity contribution in [2.75, 3.05) is 25.0 Å². The normalized spacial score (nSPS) is 22.6. The molecule has 0 radical (unpaired) electrons. The van der Waals surface area contributed by atoms with Crippen LogP contribution in [0.1, 0.15) is 24.8 Å². The maximum absolute atomic E-state index is 12.1. The monoisotopic (exact) mass is 231 g/mol. The molecule has 0 aromatic carbocycles. The molecule has 3 rings (SSSR count). The molecular formula is C13H17N3O. The van der Waals surface area contributed by atoms with Gasteiger partial charge in [0.15, 0.2) is 0 Å². The van der Waals surface area contributed by atoms with E-state index in [4.69, 9.17) is 0 Å². The summed E-state index contributed by atoms with van der Waals surface area (Å²) in [4.78, 5) is 18.2. The van der Waals surface area contributed by atoms with Crippen molar-refractivity contribution in [1.82, 2.24) is 10.3 Å². The maximum Gasteiger partial charge on any atom is 0.228 e. The van der Waals surface area contributed by atoms with E-state index in [1.165, 1.54) is 5.56 Å². The van der Waals surface area contributed by atoms with Gasteiger partial charge in [-0.3, -0.25) is 9.69 Å². The van der Waals surface area contributed by atoms with Crippen molar-refractivity contribution in [3.05, 3.63) is 23.9 Å². The van der Waals surface area contributed by atoms with E-state index < -0.39 is 0 Å². The van der Waals surface area contributed by atoms with Crippen LogP contribution in [0.15, 0.2) is 18.3 Å². The van der Waals surface area contributed by atoms with Crippen LogP contribution in [0, 0.1) is 0 Å². The SMILES string of the molecule is CN1C(=O)CC2(CCNCC2)c2cccnc21. The van der Waals surface area contributed by atoms with Gasteiger partial charge in [-0.05, 0) is 32.0 Å². The number of fused-ring (bicyclic) bond motifs is 2. The Morgan fingerprint density at radius 2 is 2.18 bits per heavy atom. The third-order valence-corrected chi connectivity index (χ3v) is 4.10. The van der Waals surface area contributed by atoms with Crippen molar-refractivity contribution < 1.29 is 4.79 Å². The zero-order chi connectivity index (χ0) is 11.9. The van der Waals surface area contributed by atoms with Gasteiger partial charge in [0.25, 0.3) is 0 Å². The molecule has 0 atom stereocenters. The summed E-state index contributed by atoms with van der Waals surface area (Å²) in [6, 6.07) is 4.11. The molecule has 1 spiro atoms. The highest BCUT2D eigenvalue weighted by atomic mass is 16.2. The lowest BCUT2D eigenvalue weighted by Gasteiger charge is -2.43. The second kappa shape index (κ2) is 3.81. The molecule has 4 heteroatoms. The van der Waals surface area contributed by atoms with E-state index in [9.17, 15) is 4.79 Å². The van der Waals surface area contributed by atoms with Crippen molar-refractivity contribution in [2.24, 2.45) is 0 Å². The first-order valence-electron chi connectivity index (χ1n) is 6.16. The highest BCUT2D eigenvalue weighted by Gasteiger charge is 2.43. The molecular weight excluding hydrogens is 214 g/mol. The van der Waals surface area contributed by atoms with E-state index in [-0.39, 0.29) is 11.3 Å². The fraction of sp³-hybridized carbons (Fsp3) is 0.538. The standard InChI is InChI=1S/C13H17N3O/c1-16-11(17)9-13(4-7-14-8-5-13)10-3-2-6-15-12(10)16/h2-3,6,14H,4-5,7-9H2,1H3. The number of hydrogen-bond acceptors (Lipinski definition) is 3. The van der Waals surface area contributed by atoms with Crippen molar-refractivity contribution >= 4 is 11.7 Å². The van der Waals surface area contributed by atoms with Gasteiger partial charge in [-0.25, -0.2) is 4.98 Å². The number of hydrogen-bond donors (Lipinski definition) is 1. The predicted molar refractivity (Wildman–Crippen MR) is 66.0 cm³/mol. The Balaban J connectivity index is 2.12. The van der Waals surface area contributed by atoms with Crippen molar-refractivity contribution in [1.29, 1.82) is 0 Å². The van der Waals surface area contributed by atoms with Gasteiger partial charge in [0.1, 0.15) is 5.82 Å². The summed E-state index contributed by atoms with van der Waals surface area (Å²) in [5.41, 5.74) is 1.28. The lowest BCUT2D eigenvalue weighted by Crippen LogP contribution is -2.48. The van der Waals surface area contributed by atoms with Crippen LogP contribution in [0.4, 0.5) is 5.82 Å². The van der Waals surface area contributed by atoms with Gasteiger partial charge in [-0.1, -0.05) is 6.07 Å². The van der Waals surface area contributed by atoms with Crippen LogP contribution in [0.25, 0.3) is 0 Å². The number of nitrogens with zero attached hydrogens (tertiary/aromatic N) is 2. The summed E-state index contributed by atoms with van der Waals surface area (Å²) in [6.07, 6.45) is 4.46. The van der Waals surface area contributed by atoms with Crippen LogP contribution in [-0.4, -0.2) is 31.0 Å². The third kappa shape index (κ3) is 1.55. The smallest absolute Gasteiger partial charge is 0.228 e. The number of amides is 1. The van der Waals surface area contributed by atoms with Gasteiger partial charge in [0, 0.05) is 30.6 Å². The van der Waals surface area contributed by atoms with Crippen molar-refractivity contribution in [3.63, 3.8) is 0 Å². The van der Waals surface area contributed by atoms with E-state index in [1.54, 1.807) is 11.1 Å². The average molecular weight is 231 g/mol. The van der Waals surface area contributed by atoms with Gasteiger partial charge in [0.05, 0.1) is 0 Å². The minimum absolute atomic E-state index is 0.0262. The number of nitrogens with one attached hydrogen (secondary N) is 1. The second-order valence-corrected chi connectivity index (χ2v) is 5.03. The molecule has 1 aromatic rings. The summed E-state index contributed by atoms with van der Waals surface area (Å²) >= 11 is 0. The number of carbonyl (C=O) groups excluding carboxylic acids is 1. The second-order valence-electron chi connectivity index (χ2n) is 5.03. The minimum atomic E-state index is 0.0262. The summed E-state index contributed by atoms with van der Waals surface area (Å²) in [5, 5.41) is 3.37. The van der Waals surface area contributed by atoms with Gasteiger partial charge in [-0.15, -0.1) is 0 Å². The van der Waals surface area contributed by atoms with Crippen LogP contribution in [0.2, 0.25) is 0 Å². The van der Waals surface area contributed by atoms with E-state index in [1.807, 2.05) is 13.1 Å². The fourth-order valence-corrected chi connectivity index (χ4v) is 3.05. The Labute approximate surface area is 101 Å². The van der Waals surface area contributed by atoms with Gasteiger partial charge in [0.2, 0.25) is 5.91 Å². The Bertz CT molecular complexity index is 452. The molecule has 0 unspecified atom stereocenters. The van der Waals surface area contributed by atoms with E-state index >= 15 is 0 Å². The Kier molecular flexibility index (Phi) is 2.40. The van der Waals surface area contributed by atoms with Crippen molar-refractivity contribution in [3.8, 4) is 0 Å². The molecule has 2 aliphatic heterocycles. The first-order chi connectivity index (χ1) is 8.23. The zero-order valence-corrected chi connectivity index (χ0v) is 10.1. The minimum Gasteiger partial charge on any atom is -0.317 e. The highest BCUT2D eigenvalue weighted by molar-refractivity contribution is 5.96. The Hall–Kier alpha value is -1.42. The van der Waals surface area contributed by atoms with Gasteiger partial charge < -0.3 is 5.32 Å². The average Bonchev–Trinajstić information content (AvgIpc) is 2.38. The number of pyridine rings is 1. The molecule has 0 bridgehead atoms. The molecule has 0 saturated carbocycles. The van der Waals surface area contributed by atoms with E-state index in [0.29, 0.717) is 6.42 Å². The van der Waals surface area contributed by atoms with Crippen LogP contribution >= 0.6 is 0 Å². The number of rotatable bonds is 0. The molecule has 90 valence electrons. The quantitative estimate of drug-likeness (QED) is 0.726. The summed E-state index contributed by atoms with van der Waals surface area (Å²) in [5.74, 6) is 1.05. The number of aromatic nitrogens is 1. The molecule has 1 amide bonds. The molecule has 0 aliphatic carbocycles.